The molecule has 0 radical (unpaired) electrons. The Bertz CT molecular complexity index is 768. The van der Waals surface area contributed by atoms with Gasteiger partial charge in [-0.15, -0.1) is 0 Å². The van der Waals surface area contributed by atoms with E-state index in [1.54, 1.807) is 25.1 Å². The lowest BCUT2D eigenvalue weighted by Crippen LogP contribution is -2.48. The van der Waals surface area contributed by atoms with Gasteiger partial charge in [0, 0.05) is 23.6 Å². The molecule has 0 aliphatic heterocycles. The number of hydrogen-bond donors (Lipinski definition) is 4. The van der Waals surface area contributed by atoms with Gasteiger partial charge in [0.05, 0.1) is 11.8 Å². The SMILES string of the molecule is Cc1c(Cl)cccc1NC(=O)CCC(=O)NNC(=O)[C@H]1CCCC[C@H]1C(=O)O. The van der Waals surface area contributed by atoms with Gasteiger partial charge in [-0.1, -0.05) is 30.5 Å². The third-order valence-electron chi connectivity index (χ3n) is 4.87. The summed E-state index contributed by atoms with van der Waals surface area (Å²) >= 11 is 6.00. The van der Waals surface area contributed by atoms with Gasteiger partial charge in [0.2, 0.25) is 17.7 Å². The molecule has 152 valence electrons. The highest BCUT2D eigenvalue weighted by atomic mass is 35.5. The lowest BCUT2D eigenvalue weighted by Gasteiger charge is -2.27. The zero-order valence-electron chi connectivity index (χ0n) is 15.6. The third kappa shape index (κ3) is 5.95. The Labute approximate surface area is 168 Å². The Morgan fingerprint density at radius 2 is 1.68 bits per heavy atom. The van der Waals surface area contributed by atoms with Crippen molar-refractivity contribution in [1.29, 1.82) is 0 Å². The summed E-state index contributed by atoms with van der Waals surface area (Å²) in [6, 6.07) is 5.13. The largest absolute Gasteiger partial charge is 0.481 e. The van der Waals surface area contributed by atoms with Gasteiger partial charge in [0.15, 0.2) is 0 Å². The number of nitrogens with one attached hydrogen (secondary N) is 3. The van der Waals surface area contributed by atoms with Crippen molar-refractivity contribution in [1.82, 2.24) is 10.9 Å². The van der Waals surface area contributed by atoms with Crippen LogP contribution in [0.2, 0.25) is 5.02 Å². The van der Waals surface area contributed by atoms with E-state index in [9.17, 15) is 24.3 Å². The Hall–Kier alpha value is -2.61. The molecule has 8 nitrogen and oxygen atoms in total. The molecule has 28 heavy (non-hydrogen) atoms. The highest BCUT2D eigenvalue weighted by Gasteiger charge is 2.35. The van der Waals surface area contributed by atoms with Gasteiger partial charge in [-0.05, 0) is 37.5 Å². The van der Waals surface area contributed by atoms with Crippen LogP contribution in [0, 0.1) is 18.8 Å². The van der Waals surface area contributed by atoms with E-state index in [-0.39, 0.29) is 18.7 Å². The first-order valence-corrected chi connectivity index (χ1v) is 9.54. The van der Waals surface area contributed by atoms with Gasteiger partial charge < -0.3 is 10.4 Å². The minimum absolute atomic E-state index is 0.0746. The van der Waals surface area contributed by atoms with Crippen LogP contribution in [0.5, 0.6) is 0 Å². The van der Waals surface area contributed by atoms with Crippen molar-refractivity contribution in [2.45, 2.75) is 45.4 Å². The fraction of sp³-hybridized carbons (Fsp3) is 0.474. The van der Waals surface area contributed by atoms with Gasteiger partial charge >= 0.3 is 5.97 Å². The molecule has 2 rings (SSSR count). The van der Waals surface area contributed by atoms with Gasteiger partial charge in [-0.3, -0.25) is 30.0 Å². The lowest BCUT2D eigenvalue weighted by atomic mass is 9.79. The van der Waals surface area contributed by atoms with E-state index < -0.39 is 29.6 Å². The third-order valence-corrected chi connectivity index (χ3v) is 5.28. The van der Waals surface area contributed by atoms with E-state index in [2.05, 4.69) is 16.2 Å². The Kier molecular flexibility index (Phi) is 7.80. The molecule has 1 aromatic carbocycles. The van der Waals surface area contributed by atoms with Crippen molar-refractivity contribution in [3.8, 4) is 0 Å². The standard InChI is InChI=1S/C19H24ClN3O5/c1-11-14(20)7-4-8-15(11)21-16(24)9-10-17(25)22-23-18(26)12-5-2-3-6-13(12)19(27)28/h4,7-8,12-13H,2-3,5-6,9-10H2,1H3,(H,21,24)(H,22,25)(H,23,26)(H,27,28)/t12-,13+/m0/s1. The number of carbonyl (C=O) groups is 4. The van der Waals surface area contributed by atoms with Gasteiger partial charge in [0.1, 0.15) is 0 Å². The average Bonchev–Trinajstić information content (AvgIpc) is 2.68. The van der Waals surface area contributed by atoms with E-state index in [4.69, 9.17) is 11.6 Å². The molecule has 2 atom stereocenters. The zero-order valence-corrected chi connectivity index (χ0v) is 16.3. The minimum atomic E-state index is -1.00. The molecule has 1 saturated carbocycles. The van der Waals surface area contributed by atoms with Crippen molar-refractivity contribution in [3.05, 3.63) is 28.8 Å². The number of aliphatic carboxylic acids is 1. The molecule has 1 aliphatic carbocycles. The van der Waals surface area contributed by atoms with E-state index >= 15 is 0 Å². The number of carboxylic acids is 1. The first-order chi connectivity index (χ1) is 13.3. The van der Waals surface area contributed by atoms with Crippen LogP contribution < -0.4 is 16.2 Å². The maximum absolute atomic E-state index is 12.2. The second kappa shape index (κ2) is 10.1. The van der Waals surface area contributed by atoms with Crippen molar-refractivity contribution < 1.29 is 24.3 Å². The number of hydrogen-bond acceptors (Lipinski definition) is 4. The molecule has 0 heterocycles. The molecule has 0 unspecified atom stereocenters. The molecule has 9 heteroatoms. The van der Waals surface area contributed by atoms with E-state index in [0.29, 0.717) is 23.6 Å². The van der Waals surface area contributed by atoms with Crippen LogP contribution >= 0.6 is 11.6 Å². The minimum Gasteiger partial charge on any atom is -0.481 e. The molecular formula is C19H24ClN3O5. The predicted molar refractivity (Wildman–Crippen MR) is 103 cm³/mol. The fourth-order valence-electron chi connectivity index (χ4n) is 3.21. The zero-order chi connectivity index (χ0) is 20.7. The Morgan fingerprint density at radius 1 is 1.04 bits per heavy atom. The quantitative estimate of drug-likeness (QED) is 0.537. The summed E-state index contributed by atoms with van der Waals surface area (Å²) in [6.45, 7) is 1.77. The van der Waals surface area contributed by atoms with E-state index in [1.807, 2.05) is 0 Å². The molecule has 1 aromatic rings. The number of carboxylic acid groups (broad SMARTS) is 1. The summed E-state index contributed by atoms with van der Waals surface area (Å²) in [5, 5.41) is 12.4. The lowest BCUT2D eigenvalue weighted by molar-refractivity contribution is -0.149. The molecule has 0 spiro atoms. The van der Waals surface area contributed by atoms with Crippen LogP contribution in [0.25, 0.3) is 0 Å². The summed E-state index contributed by atoms with van der Waals surface area (Å²) < 4.78 is 0. The van der Waals surface area contributed by atoms with Crippen LogP contribution in [-0.2, 0) is 19.2 Å². The second-order valence-corrected chi connectivity index (χ2v) is 7.24. The number of benzene rings is 1. The smallest absolute Gasteiger partial charge is 0.307 e. The number of carbonyl (C=O) groups excluding carboxylic acids is 3. The molecule has 1 fully saturated rings. The van der Waals surface area contributed by atoms with Crippen molar-refractivity contribution >= 4 is 41.0 Å². The van der Waals surface area contributed by atoms with Crippen LogP contribution in [0.15, 0.2) is 18.2 Å². The number of rotatable bonds is 6. The predicted octanol–water partition coefficient (Wildman–Crippen LogP) is 2.41. The molecule has 4 N–H and O–H groups in total. The van der Waals surface area contributed by atoms with Gasteiger partial charge in [-0.25, -0.2) is 0 Å². The van der Waals surface area contributed by atoms with Crippen LogP contribution in [-0.4, -0.2) is 28.8 Å². The average molecular weight is 410 g/mol. The topological polar surface area (TPSA) is 125 Å². The van der Waals surface area contributed by atoms with Crippen LogP contribution in [0.4, 0.5) is 5.69 Å². The molecule has 0 saturated heterocycles. The highest BCUT2D eigenvalue weighted by Crippen LogP contribution is 2.30. The van der Waals surface area contributed by atoms with Gasteiger partial charge in [0.25, 0.3) is 0 Å². The summed E-state index contributed by atoms with van der Waals surface area (Å²) in [6.07, 6.45) is 2.27. The molecule has 3 amide bonds. The highest BCUT2D eigenvalue weighted by molar-refractivity contribution is 6.31. The molecular weight excluding hydrogens is 386 g/mol. The second-order valence-electron chi connectivity index (χ2n) is 6.83. The molecule has 0 aromatic heterocycles. The summed E-state index contributed by atoms with van der Waals surface area (Å²) in [7, 11) is 0. The Balaban J connectivity index is 1.76. The van der Waals surface area contributed by atoms with Crippen molar-refractivity contribution in [2.24, 2.45) is 11.8 Å². The summed E-state index contributed by atoms with van der Waals surface area (Å²) in [5.74, 6) is -3.81. The van der Waals surface area contributed by atoms with Crippen molar-refractivity contribution in [3.63, 3.8) is 0 Å². The summed E-state index contributed by atoms with van der Waals surface area (Å²) in [4.78, 5) is 47.3. The molecule has 1 aliphatic rings. The van der Waals surface area contributed by atoms with E-state index in [0.717, 1.165) is 18.4 Å². The number of hydrazine groups is 1. The monoisotopic (exact) mass is 409 g/mol. The Morgan fingerprint density at radius 3 is 2.36 bits per heavy atom. The number of anilines is 1. The van der Waals surface area contributed by atoms with Crippen molar-refractivity contribution in [2.75, 3.05) is 5.32 Å². The first-order valence-electron chi connectivity index (χ1n) is 9.16. The number of halogens is 1. The normalized spacial score (nSPS) is 18.8. The van der Waals surface area contributed by atoms with Gasteiger partial charge in [-0.2, -0.15) is 0 Å². The first kappa shape index (κ1) is 21.7. The van der Waals surface area contributed by atoms with Crippen LogP contribution in [0.3, 0.4) is 0 Å². The summed E-state index contributed by atoms with van der Waals surface area (Å²) in [5.41, 5.74) is 5.83. The van der Waals surface area contributed by atoms with E-state index in [1.165, 1.54) is 0 Å². The maximum Gasteiger partial charge on any atom is 0.307 e. The number of amides is 3. The maximum atomic E-state index is 12.2. The molecule has 0 bridgehead atoms. The van der Waals surface area contributed by atoms with Crippen LogP contribution in [0.1, 0.15) is 44.1 Å². The fourth-order valence-corrected chi connectivity index (χ4v) is 3.38.